The molecule has 0 bridgehead atoms. The second kappa shape index (κ2) is 41.8. The van der Waals surface area contributed by atoms with Crippen LogP contribution in [-0.2, 0) is 52.3 Å². The van der Waals surface area contributed by atoms with E-state index in [1.165, 1.54) is 43.0 Å². The molecule has 6 atom stereocenters. The molecule has 0 amide bonds. The number of carbonyl (C=O) groups is 3. The molecular weight excluding hydrogens is 767 g/mol. The van der Waals surface area contributed by atoms with Gasteiger partial charge in [0.25, 0.3) is 0 Å². The van der Waals surface area contributed by atoms with Crippen molar-refractivity contribution in [2.45, 2.75) is 206 Å². The molecule has 6 unspecified atom stereocenters. The number of rotatable bonds is 27. The van der Waals surface area contributed by atoms with Crippen LogP contribution in [-0.4, -0.2) is 71.5 Å². The zero-order valence-corrected chi connectivity index (χ0v) is 37.1. The van der Waals surface area contributed by atoms with Crippen LogP contribution >= 0.6 is 0 Å². The Hall–Kier alpha value is 0.349. The van der Waals surface area contributed by atoms with E-state index >= 15 is 0 Å². The van der Waals surface area contributed by atoms with Gasteiger partial charge in [0.2, 0.25) is 0 Å². The van der Waals surface area contributed by atoms with Gasteiger partial charge in [-0.3, -0.25) is 0 Å². The number of carbonyl (C=O) groups excluding carboxylic acids is 3. The molecule has 48 heavy (non-hydrogen) atoms. The average molecular weight is 842 g/mol. The van der Waals surface area contributed by atoms with Gasteiger partial charge in [0.05, 0.1) is 18.3 Å². The van der Waals surface area contributed by atoms with Gasteiger partial charge in [-0.05, 0) is 37.0 Å². The quantitative estimate of drug-likeness (QED) is 0.0424. The Labute approximate surface area is 327 Å². The van der Waals surface area contributed by atoms with Crippen molar-refractivity contribution >= 4 is 75.8 Å². The van der Waals surface area contributed by atoms with Crippen LogP contribution in [0.1, 0.15) is 183 Å². The summed E-state index contributed by atoms with van der Waals surface area (Å²) in [7, 11) is 0. The third-order valence-corrected chi connectivity index (χ3v) is 10.5. The van der Waals surface area contributed by atoms with Crippen LogP contribution in [0.3, 0.4) is 0 Å². The van der Waals surface area contributed by atoms with E-state index in [9.17, 15) is 29.7 Å². The predicted octanol–water partition coefficient (Wildman–Crippen LogP) is 9.02. The maximum absolute atomic E-state index is 10.6. The average Bonchev–Trinajstić information content (AvgIpc) is 3.07. The summed E-state index contributed by atoms with van der Waals surface area (Å²) in [6.07, 6.45) is 20.9. The summed E-state index contributed by atoms with van der Waals surface area (Å²) in [5.41, 5.74) is 0. The Bertz CT molecular complexity index is 629. The van der Waals surface area contributed by atoms with Crippen molar-refractivity contribution in [3.8, 4) is 0 Å². The second-order valence-electron chi connectivity index (χ2n) is 13.0. The predicted molar refractivity (Wildman–Crippen MR) is 213 cm³/mol. The van der Waals surface area contributed by atoms with Crippen LogP contribution in [0.4, 0.5) is 0 Å². The van der Waals surface area contributed by atoms with Crippen molar-refractivity contribution < 1.29 is 29.7 Å². The number of unbranched alkanes of at least 4 members (excludes halogenated alkanes) is 8. The molecule has 0 saturated heterocycles. The van der Waals surface area contributed by atoms with E-state index in [2.05, 4.69) is 86.4 Å². The summed E-state index contributed by atoms with van der Waals surface area (Å²) in [6, 6.07) is 0. The van der Waals surface area contributed by atoms with E-state index in [4.69, 9.17) is 0 Å². The summed E-state index contributed by atoms with van der Waals surface area (Å²) >= 11 is 14.9. The fraction of sp³-hybridized carbons (Fsp3) is 0.921. The number of hydrogen-bond donors (Lipinski definition) is 3. The van der Waals surface area contributed by atoms with Crippen LogP contribution in [0.15, 0.2) is 0 Å². The normalized spacial score (nSPS) is 14.3. The molecule has 0 aromatic heterocycles. The molecule has 0 aliphatic carbocycles. The van der Waals surface area contributed by atoms with Crippen molar-refractivity contribution in [1.29, 1.82) is 0 Å². The summed E-state index contributed by atoms with van der Waals surface area (Å²) < 4.78 is 1.46. The number of aliphatic hydroxyl groups excluding tert-OH is 3. The molecule has 0 aromatic carbocycles. The third-order valence-electron chi connectivity index (χ3n) is 8.65. The van der Waals surface area contributed by atoms with E-state index < -0.39 is 33.7 Å². The van der Waals surface area contributed by atoms with Crippen molar-refractivity contribution in [3.05, 3.63) is 0 Å². The second-order valence-corrected chi connectivity index (χ2v) is 15.6. The summed E-state index contributed by atoms with van der Waals surface area (Å²) in [6.45, 7) is 14.9. The van der Waals surface area contributed by atoms with Gasteiger partial charge in [0.15, 0.2) is 0 Å². The fourth-order valence-corrected chi connectivity index (χ4v) is 6.09. The van der Waals surface area contributed by atoms with E-state index in [1.807, 2.05) is 0 Å². The van der Waals surface area contributed by atoms with Gasteiger partial charge in [-0.15, -0.1) is 0 Å². The molecule has 0 saturated carbocycles. The molecule has 3 N–H and O–H groups in total. The molecule has 0 radical (unpaired) electrons. The zero-order chi connectivity index (χ0) is 37.8. The van der Waals surface area contributed by atoms with Crippen LogP contribution in [0.25, 0.3) is 0 Å². The van der Waals surface area contributed by atoms with Crippen molar-refractivity contribution in [2.75, 3.05) is 0 Å². The van der Waals surface area contributed by atoms with Gasteiger partial charge in [-0.25, -0.2) is 0 Å². The third kappa shape index (κ3) is 40.8. The first kappa shape index (κ1) is 55.1. The topological polar surface area (TPSA) is 112 Å². The van der Waals surface area contributed by atoms with E-state index in [0.717, 1.165) is 77.0 Å². The molecule has 0 spiro atoms. The van der Waals surface area contributed by atoms with Gasteiger partial charge >= 0.3 is 72.4 Å². The maximum atomic E-state index is 10.6. The summed E-state index contributed by atoms with van der Waals surface area (Å²) in [4.78, 5) is 31.9. The fourth-order valence-electron chi connectivity index (χ4n) is 5.09. The van der Waals surface area contributed by atoms with Gasteiger partial charge in [-0.1, -0.05) is 119 Å². The zero-order valence-electron chi connectivity index (χ0n) is 31.8. The Kier molecular flexibility index (Phi) is 48.0. The minimum atomic E-state index is -0.920. The SMILES string of the molecule is CCCCC(CC)CC(O)C(=O)[S-].CCCCC(CC)CC(O)C(=O)[S-].CCCCC(CC)CC(O)C(=O)[S-].CCCCCCC[CH2][Sn+3]. The Morgan fingerprint density at radius 2 is 0.708 bits per heavy atom. The molecule has 0 aromatic rings. The van der Waals surface area contributed by atoms with Gasteiger partial charge in [0.1, 0.15) is 0 Å². The van der Waals surface area contributed by atoms with Crippen molar-refractivity contribution in [3.63, 3.8) is 0 Å². The Balaban J connectivity index is -0.000000271. The van der Waals surface area contributed by atoms with Crippen LogP contribution in [0, 0.1) is 17.8 Å². The van der Waals surface area contributed by atoms with Crippen LogP contribution in [0.5, 0.6) is 0 Å². The summed E-state index contributed by atoms with van der Waals surface area (Å²) in [5, 5.41) is 26.3. The summed E-state index contributed by atoms with van der Waals surface area (Å²) in [5.74, 6) is 1.34. The Morgan fingerprint density at radius 1 is 0.458 bits per heavy atom. The molecule has 284 valence electrons. The monoisotopic (exact) mass is 842 g/mol. The van der Waals surface area contributed by atoms with E-state index in [0.29, 0.717) is 37.0 Å². The number of aliphatic hydroxyl groups is 3. The minimum absolute atomic E-state index is 0.446. The molecule has 0 heterocycles. The van der Waals surface area contributed by atoms with Gasteiger partial charge in [0, 0.05) is 15.3 Å². The standard InChI is InChI=1S/3C10H20O2S.C8H17.Sn/c3*1-3-5-6-8(4-2)7-9(11)10(12)13;1-3-5-7-8-6-4-2;/h3*8-9,11H,3-7H2,1-2H3,(H,12,13);1,3-8H2,2H3;/q;;;;+3/p-3. The molecule has 0 fully saturated rings. The Morgan fingerprint density at radius 3 is 0.917 bits per heavy atom. The van der Waals surface area contributed by atoms with E-state index in [1.54, 1.807) is 22.5 Å². The first-order chi connectivity index (χ1) is 22.8. The van der Waals surface area contributed by atoms with Gasteiger partial charge in [-0.2, -0.15) is 0 Å². The van der Waals surface area contributed by atoms with Gasteiger partial charge < -0.3 is 67.6 Å². The molecule has 0 aliphatic rings. The first-order valence-electron chi connectivity index (χ1n) is 19.1. The van der Waals surface area contributed by atoms with Crippen molar-refractivity contribution in [1.82, 2.24) is 0 Å². The molecule has 0 rings (SSSR count). The molecular formula is C38H74O6S3Sn. The van der Waals surface area contributed by atoms with Crippen LogP contribution in [0.2, 0.25) is 4.44 Å². The molecule has 10 heteroatoms. The van der Waals surface area contributed by atoms with E-state index in [-0.39, 0.29) is 0 Å². The molecule has 6 nitrogen and oxygen atoms in total. The first-order valence-corrected chi connectivity index (χ1v) is 22.3. The number of hydrogen-bond acceptors (Lipinski definition) is 9. The van der Waals surface area contributed by atoms with Crippen molar-refractivity contribution in [2.24, 2.45) is 17.8 Å². The molecule has 0 aliphatic heterocycles. The van der Waals surface area contributed by atoms with Crippen LogP contribution < -0.4 is 0 Å².